The Morgan fingerprint density at radius 1 is 1.64 bits per heavy atom. The Bertz CT molecular complexity index is 223. The average Bonchev–Trinajstić information content (AvgIpc) is 2.06. The van der Waals surface area contributed by atoms with E-state index in [-0.39, 0.29) is 0 Å². The monoisotopic (exact) mass is 152 g/mol. The van der Waals surface area contributed by atoms with Crippen LogP contribution in [-0.2, 0) is 6.42 Å². The van der Waals surface area contributed by atoms with Crippen LogP contribution in [0.2, 0.25) is 0 Å². The van der Waals surface area contributed by atoms with Crippen LogP contribution in [0.5, 0.6) is 0 Å². The molecule has 0 bridgehead atoms. The van der Waals surface area contributed by atoms with Crippen molar-refractivity contribution < 1.29 is 0 Å². The maximum atomic E-state index is 5.24. The number of anilines is 1. The lowest BCUT2D eigenvalue weighted by molar-refractivity contribution is 0.900. The lowest BCUT2D eigenvalue weighted by Crippen LogP contribution is -2.11. The van der Waals surface area contributed by atoms with Crippen molar-refractivity contribution in [2.75, 3.05) is 5.43 Å². The lowest BCUT2D eigenvalue weighted by atomic mass is 10.2. The predicted molar refractivity (Wildman–Crippen MR) is 43.8 cm³/mol. The number of aryl methyl sites for hydroxylation is 1. The summed E-state index contributed by atoms with van der Waals surface area (Å²) in [6, 6.07) is 0. The van der Waals surface area contributed by atoms with Gasteiger partial charge in [-0.05, 0) is 6.42 Å². The van der Waals surface area contributed by atoms with E-state index >= 15 is 0 Å². The van der Waals surface area contributed by atoms with Crippen molar-refractivity contribution in [3.05, 3.63) is 18.1 Å². The second kappa shape index (κ2) is 3.88. The van der Waals surface area contributed by atoms with Crippen LogP contribution in [0.1, 0.15) is 18.9 Å². The van der Waals surface area contributed by atoms with Crippen molar-refractivity contribution in [1.29, 1.82) is 0 Å². The number of hydrazine groups is 1. The van der Waals surface area contributed by atoms with Crippen molar-refractivity contribution in [2.24, 2.45) is 5.84 Å². The molecule has 11 heavy (non-hydrogen) atoms. The first kappa shape index (κ1) is 7.94. The van der Waals surface area contributed by atoms with Crippen LogP contribution >= 0.6 is 0 Å². The summed E-state index contributed by atoms with van der Waals surface area (Å²) in [7, 11) is 0. The van der Waals surface area contributed by atoms with Crippen molar-refractivity contribution in [2.45, 2.75) is 19.8 Å². The number of rotatable bonds is 3. The van der Waals surface area contributed by atoms with E-state index in [9.17, 15) is 0 Å². The van der Waals surface area contributed by atoms with Gasteiger partial charge in [0.15, 0.2) is 0 Å². The summed E-state index contributed by atoms with van der Waals surface area (Å²) in [6.07, 6.45) is 5.29. The second-order valence-corrected chi connectivity index (χ2v) is 2.29. The summed E-state index contributed by atoms with van der Waals surface area (Å²) < 4.78 is 0. The van der Waals surface area contributed by atoms with Gasteiger partial charge in [0.2, 0.25) is 0 Å². The van der Waals surface area contributed by atoms with E-state index in [2.05, 4.69) is 22.3 Å². The summed E-state index contributed by atoms with van der Waals surface area (Å²) in [5.41, 5.74) is 3.60. The van der Waals surface area contributed by atoms with Gasteiger partial charge in [-0.25, -0.2) is 15.8 Å². The fourth-order valence-corrected chi connectivity index (χ4v) is 0.941. The van der Waals surface area contributed by atoms with Gasteiger partial charge in [-0.2, -0.15) is 0 Å². The first-order valence-corrected chi connectivity index (χ1v) is 3.64. The zero-order chi connectivity index (χ0) is 8.10. The molecule has 0 amide bonds. The number of aromatic nitrogens is 2. The van der Waals surface area contributed by atoms with Crippen LogP contribution in [0, 0.1) is 0 Å². The first-order chi connectivity index (χ1) is 5.38. The van der Waals surface area contributed by atoms with Crippen molar-refractivity contribution in [3.8, 4) is 0 Å². The Labute approximate surface area is 65.8 Å². The molecule has 0 aromatic carbocycles. The fourth-order valence-electron chi connectivity index (χ4n) is 0.941. The molecule has 0 radical (unpaired) electrons. The third kappa shape index (κ3) is 1.88. The molecular formula is C7H12N4. The molecule has 0 aliphatic heterocycles. The maximum absolute atomic E-state index is 5.24. The number of hydrogen-bond donors (Lipinski definition) is 2. The molecule has 3 N–H and O–H groups in total. The first-order valence-electron chi connectivity index (χ1n) is 3.64. The molecule has 1 heterocycles. The molecule has 1 aromatic heterocycles. The minimum Gasteiger partial charge on any atom is -0.308 e. The topological polar surface area (TPSA) is 63.8 Å². The number of nitrogens with one attached hydrogen (secondary N) is 1. The minimum absolute atomic E-state index is 0.724. The molecular weight excluding hydrogens is 140 g/mol. The van der Waals surface area contributed by atoms with E-state index in [1.165, 1.54) is 6.33 Å². The predicted octanol–water partition coefficient (Wildman–Crippen LogP) is 0.715. The normalized spacial score (nSPS) is 9.64. The Morgan fingerprint density at radius 2 is 2.45 bits per heavy atom. The van der Waals surface area contributed by atoms with Gasteiger partial charge in [-0.15, -0.1) is 0 Å². The molecule has 0 atom stereocenters. The summed E-state index contributed by atoms with van der Waals surface area (Å²) in [6.45, 7) is 2.10. The molecule has 0 aliphatic rings. The Hall–Kier alpha value is -1.16. The van der Waals surface area contributed by atoms with Gasteiger partial charge in [0.25, 0.3) is 0 Å². The lowest BCUT2D eigenvalue weighted by Gasteiger charge is -2.03. The second-order valence-electron chi connectivity index (χ2n) is 2.29. The Balaban J connectivity index is 2.83. The summed E-state index contributed by atoms with van der Waals surface area (Å²) in [4.78, 5) is 7.87. The number of nitrogen functional groups attached to an aromatic ring is 1. The van der Waals surface area contributed by atoms with E-state index < -0.39 is 0 Å². The summed E-state index contributed by atoms with van der Waals surface area (Å²) >= 11 is 0. The van der Waals surface area contributed by atoms with Crippen LogP contribution in [-0.4, -0.2) is 9.97 Å². The highest BCUT2D eigenvalue weighted by Gasteiger charge is 1.98. The maximum Gasteiger partial charge on any atom is 0.146 e. The number of hydrogen-bond acceptors (Lipinski definition) is 4. The zero-order valence-corrected chi connectivity index (χ0v) is 6.54. The average molecular weight is 152 g/mol. The van der Waals surface area contributed by atoms with E-state index in [0.29, 0.717) is 0 Å². The smallest absolute Gasteiger partial charge is 0.146 e. The van der Waals surface area contributed by atoms with E-state index in [1.807, 2.05) is 0 Å². The van der Waals surface area contributed by atoms with Crippen LogP contribution in [0.4, 0.5) is 5.82 Å². The van der Waals surface area contributed by atoms with E-state index in [0.717, 1.165) is 24.2 Å². The standard InChI is InChI=1S/C7H12N4/c1-2-3-6-4-9-5-10-7(6)11-8/h4-5H,2-3,8H2,1H3,(H,9,10,11). The van der Waals surface area contributed by atoms with Crippen LogP contribution in [0.25, 0.3) is 0 Å². The molecule has 1 aromatic rings. The minimum atomic E-state index is 0.724. The molecule has 60 valence electrons. The highest BCUT2D eigenvalue weighted by Crippen LogP contribution is 2.09. The van der Waals surface area contributed by atoms with Gasteiger partial charge < -0.3 is 5.43 Å². The van der Waals surface area contributed by atoms with Crippen LogP contribution < -0.4 is 11.3 Å². The van der Waals surface area contributed by atoms with Crippen molar-refractivity contribution in [3.63, 3.8) is 0 Å². The molecule has 0 fully saturated rings. The summed E-state index contributed by atoms with van der Waals surface area (Å²) in [5.74, 6) is 5.96. The van der Waals surface area contributed by atoms with Crippen molar-refractivity contribution >= 4 is 5.82 Å². The highest BCUT2D eigenvalue weighted by atomic mass is 15.3. The van der Waals surface area contributed by atoms with Crippen LogP contribution in [0.15, 0.2) is 12.5 Å². The number of nitrogens with two attached hydrogens (primary N) is 1. The van der Waals surface area contributed by atoms with Crippen molar-refractivity contribution in [1.82, 2.24) is 9.97 Å². The molecule has 1 rings (SSSR count). The zero-order valence-electron chi connectivity index (χ0n) is 6.54. The van der Waals surface area contributed by atoms with Crippen LogP contribution in [0.3, 0.4) is 0 Å². The largest absolute Gasteiger partial charge is 0.308 e. The molecule has 4 heteroatoms. The fraction of sp³-hybridized carbons (Fsp3) is 0.429. The van der Waals surface area contributed by atoms with Gasteiger partial charge in [-0.1, -0.05) is 13.3 Å². The van der Waals surface area contributed by atoms with E-state index in [1.54, 1.807) is 6.20 Å². The quantitative estimate of drug-likeness (QED) is 0.494. The molecule has 4 nitrogen and oxygen atoms in total. The third-order valence-corrected chi connectivity index (χ3v) is 1.44. The van der Waals surface area contributed by atoms with Gasteiger partial charge >= 0.3 is 0 Å². The Morgan fingerprint density at radius 3 is 3.09 bits per heavy atom. The molecule has 0 saturated carbocycles. The van der Waals surface area contributed by atoms with E-state index in [4.69, 9.17) is 5.84 Å². The van der Waals surface area contributed by atoms with Gasteiger partial charge in [0.05, 0.1) is 0 Å². The number of nitrogens with zero attached hydrogens (tertiary/aromatic N) is 2. The molecule has 0 saturated heterocycles. The van der Waals surface area contributed by atoms with Gasteiger partial charge in [0.1, 0.15) is 12.1 Å². The third-order valence-electron chi connectivity index (χ3n) is 1.44. The highest BCUT2D eigenvalue weighted by molar-refractivity contribution is 5.40. The molecule has 0 aliphatic carbocycles. The molecule has 0 spiro atoms. The SMILES string of the molecule is CCCc1cncnc1NN. The van der Waals surface area contributed by atoms with Gasteiger partial charge in [0, 0.05) is 11.8 Å². The molecule has 0 unspecified atom stereocenters. The summed E-state index contributed by atoms with van der Waals surface area (Å²) in [5, 5.41) is 0. The van der Waals surface area contributed by atoms with Gasteiger partial charge in [-0.3, -0.25) is 0 Å². The Kier molecular flexibility index (Phi) is 2.80.